The van der Waals surface area contributed by atoms with Crippen molar-refractivity contribution >= 4 is 10.9 Å². The first-order valence-electron chi connectivity index (χ1n) is 8.90. The first kappa shape index (κ1) is 15.4. The highest BCUT2D eigenvalue weighted by Crippen LogP contribution is 2.31. The quantitative estimate of drug-likeness (QED) is 0.728. The minimum absolute atomic E-state index is 1.03. The molecule has 1 aliphatic heterocycles. The van der Waals surface area contributed by atoms with Crippen LogP contribution in [0, 0.1) is 6.92 Å². The van der Waals surface area contributed by atoms with Gasteiger partial charge in [0.1, 0.15) is 0 Å². The van der Waals surface area contributed by atoms with E-state index in [9.17, 15) is 0 Å². The molecule has 3 aromatic rings. The van der Waals surface area contributed by atoms with E-state index < -0.39 is 0 Å². The molecular weight excluding hydrogens is 294 g/mol. The first-order chi connectivity index (χ1) is 11.7. The minimum atomic E-state index is 1.03. The highest BCUT2D eigenvalue weighted by Gasteiger charge is 2.20. The summed E-state index contributed by atoms with van der Waals surface area (Å²) < 4.78 is 2.57. The van der Waals surface area contributed by atoms with Gasteiger partial charge in [-0.05, 0) is 69.1 Å². The number of pyridine rings is 1. The Bertz CT molecular complexity index is 848. The Balaban J connectivity index is 1.77. The average Bonchev–Trinajstić information content (AvgIpc) is 2.73. The van der Waals surface area contributed by atoms with Crippen LogP contribution >= 0.6 is 0 Å². The number of hydrogen-bond acceptors (Lipinski definition) is 2. The van der Waals surface area contributed by atoms with Gasteiger partial charge in [-0.3, -0.25) is 4.98 Å². The maximum Gasteiger partial charge on any atom is 0.0486 e. The number of aryl methyl sites for hydroxylation is 3. The van der Waals surface area contributed by atoms with E-state index in [1.54, 1.807) is 11.3 Å². The monoisotopic (exact) mass is 319 g/mol. The Kier molecular flexibility index (Phi) is 4.11. The van der Waals surface area contributed by atoms with Crippen LogP contribution < -0.4 is 0 Å². The van der Waals surface area contributed by atoms with Gasteiger partial charge in [-0.1, -0.05) is 17.7 Å². The number of rotatable bonds is 3. The summed E-state index contributed by atoms with van der Waals surface area (Å²) in [7, 11) is 2.24. The van der Waals surface area contributed by atoms with E-state index in [0.29, 0.717) is 0 Å². The lowest BCUT2D eigenvalue weighted by Crippen LogP contribution is -2.17. The lowest BCUT2D eigenvalue weighted by Gasteiger charge is -2.12. The summed E-state index contributed by atoms with van der Waals surface area (Å²) in [6, 6.07) is 11.1. The summed E-state index contributed by atoms with van der Waals surface area (Å²) in [5.74, 6) is 0. The molecule has 0 N–H and O–H groups in total. The molecule has 0 unspecified atom stereocenters. The Hall–Kier alpha value is -2.13. The van der Waals surface area contributed by atoms with Gasteiger partial charge in [0, 0.05) is 42.1 Å². The van der Waals surface area contributed by atoms with Gasteiger partial charge >= 0.3 is 0 Å². The van der Waals surface area contributed by atoms with E-state index in [2.05, 4.69) is 52.7 Å². The molecule has 0 amide bonds. The number of benzene rings is 1. The number of nitrogens with zero attached hydrogens (tertiary/aromatic N) is 3. The normalized spacial score (nSPS) is 15.4. The van der Waals surface area contributed by atoms with Crippen molar-refractivity contribution in [2.45, 2.75) is 39.3 Å². The molecule has 0 fully saturated rings. The lowest BCUT2D eigenvalue weighted by molar-refractivity contribution is 0.333. The van der Waals surface area contributed by atoms with Crippen molar-refractivity contribution < 1.29 is 0 Å². The van der Waals surface area contributed by atoms with E-state index in [1.807, 2.05) is 18.5 Å². The van der Waals surface area contributed by atoms with Crippen molar-refractivity contribution in [2.75, 3.05) is 13.6 Å². The van der Waals surface area contributed by atoms with Crippen molar-refractivity contribution in [3.05, 3.63) is 65.1 Å². The predicted octanol–water partition coefficient (Wildman–Crippen LogP) is 3.97. The zero-order chi connectivity index (χ0) is 16.5. The van der Waals surface area contributed by atoms with Crippen LogP contribution in [0.25, 0.3) is 10.9 Å². The van der Waals surface area contributed by atoms with Gasteiger partial charge in [0.2, 0.25) is 0 Å². The highest BCUT2D eigenvalue weighted by atomic mass is 15.1. The average molecular weight is 319 g/mol. The summed E-state index contributed by atoms with van der Waals surface area (Å²) in [6.45, 7) is 5.48. The standard InChI is InChI=1S/C21H25N3/c1-16-7-8-21-18(13-16)19-15-23(2)11-4-6-20(19)24(21)12-9-17-5-3-10-22-14-17/h3,5,7-8,10,13-14H,4,6,9,11-12,15H2,1-2H3. The molecule has 0 bridgehead atoms. The summed E-state index contributed by atoms with van der Waals surface area (Å²) in [4.78, 5) is 6.71. The summed E-state index contributed by atoms with van der Waals surface area (Å²) >= 11 is 0. The van der Waals surface area contributed by atoms with Crippen LogP contribution in [0.15, 0.2) is 42.7 Å². The van der Waals surface area contributed by atoms with Gasteiger partial charge in [-0.2, -0.15) is 0 Å². The Morgan fingerprint density at radius 3 is 2.96 bits per heavy atom. The fourth-order valence-electron chi connectivity index (χ4n) is 3.96. The maximum atomic E-state index is 4.26. The van der Waals surface area contributed by atoms with Gasteiger partial charge in [0.25, 0.3) is 0 Å². The molecule has 3 nitrogen and oxygen atoms in total. The van der Waals surface area contributed by atoms with Crippen molar-refractivity contribution in [1.82, 2.24) is 14.5 Å². The van der Waals surface area contributed by atoms with Crippen LogP contribution in [-0.2, 0) is 25.9 Å². The second-order valence-corrected chi connectivity index (χ2v) is 7.05. The fraction of sp³-hybridized carbons (Fsp3) is 0.381. The van der Waals surface area contributed by atoms with Crippen molar-refractivity contribution in [3.63, 3.8) is 0 Å². The molecule has 0 aliphatic carbocycles. The molecule has 1 aliphatic rings. The summed E-state index contributed by atoms with van der Waals surface area (Å²) in [5.41, 5.74) is 7.14. The third-order valence-corrected chi connectivity index (χ3v) is 5.17. The fourth-order valence-corrected chi connectivity index (χ4v) is 3.96. The molecule has 4 rings (SSSR count). The molecule has 3 heterocycles. The zero-order valence-electron chi connectivity index (χ0n) is 14.6. The van der Waals surface area contributed by atoms with Gasteiger partial charge in [0.15, 0.2) is 0 Å². The molecule has 1 aromatic carbocycles. The third-order valence-electron chi connectivity index (χ3n) is 5.17. The van der Waals surface area contributed by atoms with Gasteiger partial charge in [0.05, 0.1) is 0 Å². The Morgan fingerprint density at radius 1 is 1.21 bits per heavy atom. The number of aromatic nitrogens is 2. The molecule has 0 saturated heterocycles. The van der Waals surface area contributed by atoms with Crippen LogP contribution in [0.4, 0.5) is 0 Å². The van der Waals surface area contributed by atoms with E-state index >= 15 is 0 Å². The maximum absolute atomic E-state index is 4.26. The van der Waals surface area contributed by atoms with Crippen molar-refractivity contribution in [2.24, 2.45) is 0 Å². The van der Waals surface area contributed by atoms with Crippen LogP contribution in [0.5, 0.6) is 0 Å². The second kappa shape index (κ2) is 6.40. The zero-order valence-corrected chi connectivity index (χ0v) is 14.6. The molecule has 24 heavy (non-hydrogen) atoms. The molecule has 124 valence electrons. The summed E-state index contributed by atoms with van der Waals surface area (Å²) in [6.07, 6.45) is 7.29. The Labute approximate surface area is 143 Å². The van der Waals surface area contributed by atoms with Crippen molar-refractivity contribution in [1.29, 1.82) is 0 Å². The van der Waals surface area contributed by atoms with Gasteiger partial charge < -0.3 is 9.47 Å². The third kappa shape index (κ3) is 2.84. The van der Waals surface area contributed by atoms with Crippen LogP contribution in [0.2, 0.25) is 0 Å². The van der Waals surface area contributed by atoms with Crippen LogP contribution in [0.3, 0.4) is 0 Å². The van der Waals surface area contributed by atoms with Crippen molar-refractivity contribution in [3.8, 4) is 0 Å². The second-order valence-electron chi connectivity index (χ2n) is 7.05. The van der Waals surface area contributed by atoms with Crippen LogP contribution in [-0.4, -0.2) is 28.0 Å². The first-order valence-corrected chi connectivity index (χ1v) is 8.90. The molecule has 0 radical (unpaired) electrons. The SMILES string of the molecule is Cc1ccc2c(c1)c1c(n2CCc2cccnc2)CCCN(C)C1. The van der Waals surface area contributed by atoms with E-state index in [0.717, 1.165) is 19.5 Å². The highest BCUT2D eigenvalue weighted by molar-refractivity contribution is 5.86. The largest absolute Gasteiger partial charge is 0.344 e. The molecular formula is C21H25N3. The van der Waals surface area contributed by atoms with E-state index in [4.69, 9.17) is 0 Å². The predicted molar refractivity (Wildman–Crippen MR) is 99.3 cm³/mol. The lowest BCUT2D eigenvalue weighted by atomic mass is 10.1. The molecule has 2 aromatic heterocycles. The molecule has 0 atom stereocenters. The van der Waals surface area contributed by atoms with E-state index in [-0.39, 0.29) is 0 Å². The minimum Gasteiger partial charge on any atom is -0.344 e. The van der Waals surface area contributed by atoms with Gasteiger partial charge in [-0.15, -0.1) is 0 Å². The smallest absolute Gasteiger partial charge is 0.0486 e. The van der Waals surface area contributed by atoms with E-state index in [1.165, 1.54) is 41.4 Å². The number of fused-ring (bicyclic) bond motifs is 3. The Morgan fingerprint density at radius 2 is 2.12 bits per heavy atom. The summed E-state index contributed by atoms with van der Waals surface area (Å²) in [5, 5.41) is 1.45. The molecule has 0 spiro atoms. The number of hydrogen-bond donors (Lipinski definition) is 0. The molecule has 3 heteroatoms. The van der Waals surface area contributed by atoms with Crippen LogP contribution in [0.1, 0.15) is 28.8 Å². The van der Waals surface area contributed by atoms with Gasteiger partial charge in [-0.25, -0.2) is 0 Å². The topological polar surface area (TPSA) is 21.1 Å². The molecule has 0 saturated carbocycles.